The minimum atomic E-state index is -0.614. The van der Waals surface area contributed by atoms with Crippen LogP contribution in [0.3, 0.4) is 0 Å². The topological polar surface area (TPSA) is 83.4 Å². The number of carbonyl (C=O) groups excluding carboxylic acids is 2. The zero-order chi connectivity index (χ0) is 22.8. The highest BCUT2D eigenvalue weighted by atomic mass is 16.2. The molecular weight excluding hydrogens is 416 g/mol. The van der Waals surface area contributed by atoms with Crippen molar-refractivity contribution in [3.8, 4) is 0 Å². The molecule has 1 aromatic carbocycles. The first kappa shape index (κ1) is 21.7. The molecule has 3 aliphatic rings. The molecule has 3 amide bonds. The molecule has 2 bridgehead atoms. The van der Waals surface area contributed by atoms with Gasteiger partial charge in [0.2, 0.25) is 5.91 Å². The van der Waals surface area contributed by atoms with E-state index in [1.54, 1.807) is 12.1 Å². The maximum absolute atomic E-state index is 13.3. The number of hydrogen-bond donors (Lipinski definition) is 2. The molecule has 3 heterocycles. The van der Waals surface area contributed by atoms with E-state index in [1.165, 1.54) is 0 Å². The van der Waals surface area contributed by atoms with E-state index in [9.17, 15) is 14.4 Å². The standard InChI is InChI=1S/C26H32N4O3/c31-24-12-6-11-23-20-13-19(16-30(23)24)15-29(17-20)26(33)28-22(14-18-7-2-1-3-8-18)25(32)27-21-9-4-5-10-21/h1-3,6-8,11-12,19-22H,4-5,9-10,13-17H2,(H,27,32)(H,28,33)/t19-,20-,22-/m0/s1. The Morgan fingerprint density at radius 1 is 0.970 bits per heavy atom. The van der Waals surface area contributed by atoms with E-state index in [0.717, 1.165) is 43.4 Å². The molecule has 0 spiro atoms. The minimum Gasteiger partial charge on any atom is -0.352 e. The summed E-state index contributed by atoms with van der Waals surface area (Å²) in [7, 11) is 0. The Kier molecular flexibility index (Phi) is 6.20. The van der Waals surface area contributed by atoms with Crippen LogP contribution in [0.15, 0.2) is 53.3 Å². The quantitative estimate of drug-likeness (QED) is 0.738. The Morgan fingerprint density at radius 3 is 2.55 bits per heavy atom. The number of hydrogen-bond acceptors (Lipinski definition) is 3. The average Bonchev–Trinajstić information content (AvgIpc) is 3.33. The van der Waals surface area contributed by atoms with Gasteiger partial charge < -0.3 is 20.1 Å². The Bertz CT molecular complexity index is 1060. The molecule has 2 aliphatic heterocycles. The summed E-state index contributed by atoms with van der Waals surface area (Å²) >= 11 is 0. The second kappa shape index (κ2) is 9.41. The molecule has 1 saturated heterocycles. The Morgan fingerprint density at radius 2 is 1.76 bits per heavy atom. The lowest BCUT2D eigenvalue weighted by Gasteiger charge is -2.43. The third-order valence-corrected chi connectivity index (χ3v) is 7.37. The molecule has 2 N–H and O–H groups in total. The summed E-state index contributed by atoms with van der Waals surface area (Å²) < 4.78 is 1.86. The van der Waals surface area contributed by atoms with Crippen LogP contribution in [0.5, 0.6) is 0 Å². The van der Waals surface area contributed by atoms with Crippen LogP contribution >= 0.6 is 0 Å². The zero-order valence-corrected chi connectivity index (χ0v) is 18.9. The Balaban J connectivity index is 1.29. The van der Waals surface area contributed by atoms with Gasteiger partial charge in [-0.15, -0.1) is 0 Å². The fourth-order valence-electron chi connectivity index (χ4n) is 5.73. The van der Waals surface area contributed by atoms with Crippen LogP contribution in [0.25, 0.3) is 0 Å². The zero-order valence-electron chi connectivity index (χ0n) is 18.9. The van der Waals surface area contributed by atoms with Gasteiger partial charge >= 0.3 is 6.03 Å². The van der Waals surface area contributed by atoms with Gasteiger partial charge in [-0.25, -0.2) is 4.79 Å². The number of likely N-dealkylation sites (tertiary alicyclic amines) is 1. The monoisotopic (exact) mass is 448 g/mol. The molecule has 0 unspecified atom stereocenters. The summed E-state index contributed by atoms with van der Waals surface area (Å²) in [6.45, 7) is 1.81. The van der Waals surface area contributed by atoms with E-state index in [-0.39, 0.29) is 35.4 Å². The maximum atomic E-state index is 13.3. The number of aromatic nitrogens is 1. The van der Waals surface area contributed by atoms with Gasteiger partial charge in [0.1, 0.15) is 6.04 Å². The first-order chi connectivity index (χ1) is 16.1. The SMILES string of the molecule is O=C(NC1CCCC1)[C@H](Cc1ccccc1)NC(=O)N1C[C@@H]2C[C@@H](C1)c1cccc(=O)n1C2. The highest BCUT2D eigenvalue weighted by molar-refractivity contribution is 5.87. The average molecular weight is 449 g/mol. The third-order valence-electron chi connectivity index (χ3n) is 7.37. The molecule has 2 aromatic rings. The van der Waals surface area contributed by atoms with Crippen LogP contribution in [0.4, 0.5) is 4.79 Å². The number of nitrogens with zero attached hydrogens (tertiary/aromatic N) is 2. The predicted octanol–water partition coefficient (Wildman–Crippen LogP) is 2.65. The van der Waals surface area contributed by atoms with Gasteiger partial charge in [0.05, 0.1) is 0 Å². The molecule has 5 rings (SSSR count). The molecule has 1 saturated carbocycles. The van der Waals surface area contributed by atoms with Crippen molar-refractivity contribution < 1.29 is 9.59 Å². The van der Waals surface area contributed by atoms with Crippen LogP contribution < -0.4 is 16.2 Å². The molecule has 7 heteroatoms. The van der Waals surface area contributed by atoms with Gasteiger partial charge in [0.25, 0.3) is 5.56 Å². The van der Waals surface area contributed by atoms with Crippen molar-refractivity contribution in [1.82, 2.24) is 20.1 Å². The van der Waals surface area contributed by atoms with Crippen molar-refractivity contribution in [3.05, 3.63) is 70.1 Å². The van der Waals surface area contributed by atoms with Crippen molar-refractivity contribution in [3.63, 3.8) is 0 Å². The van der Waals surface area contributed by atoms with Crippen LogP contribution in [-0.4, -0.2) is 46.6 Å². The molecule has 0 radical (unpaired) electrons. The van der Waals surface area contributed by atoms with E-state index in [1.807, 2.05) is 45.9 Å². The van der Waals surface area contributed by atoms with Crippen LogP contribution in [0, 0.1) is 5.92 Å². The highest BCUT2D eigenvalue weighted by Crippen LogP contribution is 2.34. The number of amides is 3. The van der Waals surface area contributed by atoms with E-state index < -0.39 is 6.04 Å². The number of nitrogens with one attached hydrogen (secondary N) is 2. The first-order valence-electron chi connectivity index (χ1n) is 12.2. The van der Waals surface area contributed by atoms with Crippen molar-refractivity contribution in [2.24, 2.45) is 5.92 Å². The van der Waals surface area contributed by atoms with Crippen LogP contribution in [0.1, 0.15) is 49.3 Å². The van der Waals surface area contributed by atoms with Gasteiger partial charge in [0.15, 0.2) is 0 Å². The minimum absolute atomic E-state index is 0.0339. The molecule has 174 valence electrons. The number of pyridine rings is 1. The second-order valence-electron chi connectivity index (χ2n) is 9.78. The summed E-state index contributed by atoms with van der Waals surface area (Å²) in [5, 5.41) is 6.20. The molecule has 3 atom stereocenters. The molecule has 7 nitrogen and oxygen atoms in total. The lowest BCUT2D eigenvalue weighted by molar-refractivity contribution is -0.123. The number of carbonyl (C=O) groups is 2. The summed E-state index contributed by atoms with van der Waals surface area (Å²) in [5.74, 6) is 0.298. The van der Waals surface area contributed by atoms with Gasteiger partial charge in [-0.05, 0) is 36.8 Å². The third kappa shape index (κ3) is 4.82. The number of benzene rings is 1. The molecule has 1 aliphatic carbocycles. The summed E-state index contributed by atoms with van der Waals surface area (Å²) in [4.78, 5) is 40.6. The molecular formula is C26H32N4O3. The molecule has 2 fully saturated rings. The van der Waals surface area contributed by atoms with Gasteiger partial charge in [0, 0.05) is 49.8 Å². The lowest BCUT2D eigenvalue weighted by atomic mass is 9.83. The van der Waals surface area contributed by atoms with Crippen molar-refractivity contribution in [2.45, 2.75) is 63.1 Å². The first-order valence-corrected chi connectivity index (χ1v) is 12.2. The van der Waals surface area contributed by atoms with Gasteiger partial charge in [-0.2, -0.15) is 0 Å². The van der Waals surface area contributed by atoms with Crippen LogP contribution in [0.2, 0.25) is 0 Å². The van der Waals surface area contributed by atoms with Crippen LogP contribution in [-0.2, 0) is 17.8 Å². The Labute approximate surface area is 194 Å². The molecule has 1 aromatic heterocycles. The predicted molar refractivity (Wildman–Crippen MR) is 126 cm³/mol. The molecule has 33 heavy (non-hydrogen) atoms. The lowest BCUT2D eigenvalue weighted by Crippen LogP contribution is -2.57. The Hall–Kier alpha value is -3.09. The largest absolute Gasteiger partial charge is 0.352 e. The van der Waals surface area contributed by atoms with Gasteiger partial charge in [-0.3, -0.25) is 9.59 Å². The number of urea groups is 1. The van der Waals surface area contributed by atoms with E-state index in [0.29, 0.717) is 26.1 Å². The number of rotatable bonds is 5. The van der Waals surface area contributed by atoms with Gasteiger partial charge in [-0.1, -0.05) is 49.2 Å². The summed E-state index contributed by atoms with van der Waals surface area (Å²) in [6, 6.07) is 14.6. The normalized spacial score (nSPS) is 23.0. The number of piperidine rings is 1. The fraction of sp³-hybridized carbons (Fsp3) is 0.500. The summed E-state index contributed by atoms with van der Waals surface area (Å²) in [5.41, 5.74) is 2.07. The summed E-state index contributed by atoms with van der Waals surface area (Å²) in [6.07, 6.45) is 5.74. The smallest absolute Gasteiger partial charge is 0.318 e. The van der Waals surface area contributed by atoms with Crippen molar-refractivity contribution >= 4 is 11.9 Å². The van der Waals surface area contributed by atoms with Crippen molar-refractivity contribution in [1.29, 1.82) is 0 Å². The van der Waals surface area contributed by atoms with E-state index >= 15 is 0 Å². The van der Waals surface area contributed by atoms with Crippen molar-refractivity contribution in [2.75, 3.05) is 13.1 Å². The maximum Gasteiger partial charge on any atom is 0.318 e. The second-order valence-corrected chi connectivity index (χ2v) is 9.78. The highest BCUT2D eigenvalue weighted by Gasteiger charge is 2.37. The fourth-order valence-corrected chi connectivity index (χ4v) is 5.73. The van der Waals surface area contributed by atoms with E-state index in [2.05, 4.69) is 10.6 Å². The van der Waals surface area contributed by atoms with E-state index in [4.69, 9.17) is 0 Å². The number of fused-ring (bicyclic) bond motifs is 4.